The molecular weight excluding hydrogens is 284 g/mol. The van der Waals surface area contributed by atoms with Gasteiger partial charge in [-0.15, -0.1) is 11.3 Å². The number of hydrogen-bond acceptors (Lipinski definition) is 4. The van der Waals surface area contributed by atoms with E-state index in [-0.39, 0.29) is 4.88 Å². The number of aromatic carboxylic acids is 1. The van der Waals surface area contributed by atoms with Crippen molar-refractivity contribution in [3.05, 3.63) is 59.2 Å². The van der Waals surface area contributed by atoms with Crippen molar-refractivity contribution < 1.29 is 9.90 Å². The van der Waals surface area contributed by atoms with Gasteiger partial charge in [0.25, 0.3) is 0 Å². The SMILES string of the molecule is Cc1cnccc1-c1nc(-c2ccccc2)c(C(=O)O)s1. The molecular formula is C16H12N2O2S. The first-order chi connectivity index (χ1) is 10.2. The van der Waals surface area contributed by atoms with Crippen LogP contribution in [0.1, 0.15) is 15.2 Å². The largest absolute Gasteiger partial charge is 0.477 e. The molecule has 0 aliphatic heterocycles. The van der Waals surface area contributed by atoms with Crippen LogP contribution in [0, 0.1) is 6.92 Å². The van der Waals surface area contributed by atoms with Gasteiger partial charge in [0.05, 0.1) is 5.69 Å². The zero-order valence-corrected chi connectivity index (χ0v) is 12.1. The molecule has 0 aliphatic carbocycles. The monoisotopic (exact) mass is 296 g/mol. The van der Waals surface area contributed by atoms with Crippen molar-refractivity contribution in [3.8, 4) is 21.8 Å². The van der Waals surface area contributed by atoms with Crippen LogP contribution < -0.4 is 0 Å². The Hall–Kier alpha value is -2.53. The molecule has 0 fully saturated rings. The molecule has 2 heterocycles. The fraction of sp³-hybridized carbons (Fsp3) is 0.0625. The Morgan fingerprint density at radius 1 is 1.19 bits per heavy atom. The van der Waals surface area contributed by atoms with E-state index in [0.717, 1.165) is 16.7 Å². The Morgan fingerprint density at radius 3 is 2.62 bits per heavy atom. The highest BCUT2D eigenvalue weighted by Crippen LogP contribution is 2.34. The number of nitrogens with zero attached hydrogens (tertiary/aromatic N) is 2. The number of hydrogen-bond donors (Lipinski definition) is 1. The third-order valence-electron chi connectivity index (χ3n) is 3.12. The van der Waals surface area contributed by atoms with Gasteiger partial charge in [-0.05, 0) is 18.6 Å². The van der Waals surface area contributed by atoms with Crippen molar-refractivity contribution in [1.29, 1.82) is 0 Å². The molecule has 0 aliphatic rings. The van der Waals surface area contributed by atoms with Crippen LogP contribution in [0.4, 0.5) is 0 Å². The van der Waals surface area contributed by atoms with E-state index in [2.05, 4.69) is 9.97 Å². The molecule has 0 radical (unpaired) electrons. The lowest BCUT2D eigenvalue weighted by atomic mass is 10.1. The molecule has 21 heavy (non-hydrogen) atoms. The zero-order chi connectivity index (χ0) is 14.8. The molecule has 4 nitrogen and oxygen atoms in total. The highest BCUT2D eigenvalue weighted by Gasteiger charge is 2.20. The number of carboxylic acids is 1. The van der Waals surface area contributed by atoms with Crippen molar-refractivity contribution >= 4 is 17.3 Å². The number of pyridine rings is 1. The molecule has 0 saturated heterocycles. The predicted octanol–water partition coefficient (Wildman–Crippen LogP) is 3.88. The highest BCUT2D eigenvalue weighted by molar-refractivity contribution is 7.17. The fourth-order valence-corrected chi connectivity index (χ4v) is 3.10. The summed E-state index contributed by atoms with van der Waals surface area (Å²) in [5.74, 6) is -0.954. The molecule has 0 bridgehead atoms. The molecule has 0 amide bonds. The maximum absolute atomic E-state index is 11.5. The minimum absolute atomic E-state index is 0.257. The second-order valence-corrected chi connectivity index (χ2v) is 5.56. The van der Waals surface area contributed by atoms with Crippen molar-refractivity contribution in [1.82, 2.24) is 9.97 Å². The number of carbonyl (C=O) groups is 1. The molecule has 0 atom stereocenters. The second-order valence-electron chi connectivity index (χ2n) is 4.56. The van der Waals surface area contributed by atoms with Crippen LogP contribution in [0.5, 0.6) is 0 Å². The number of rotatable bonds is 3. The van der Waals surface area contributed by atoms with Crippen LogP contribution in [-0.2, 0) is 0 Å². The minimum Gasteiger partial charge on any atom is -0.477 e. The van der Waals surface area contributed by atoms with Crippen LogP contribution in [0.25, 0.3) is 21.8 Å². The van der Waals surface area contributed by atoms with Crippen LogP contribution in [0.15, 0.2) is 48.8 Å². The summed E-state index contributed by atoms with van der Waals surface area (Å²) in [5, 5.41) is 10.1. The molecule has 3 aromatic rings. The molecule has 1 N–H and O–H groups in total. The molecule has 0 unspecified atom stereocenters. The number of benzene rings is 1. The van der Waals surface area contributed by atoms with Gasteiger partial charge in [-0.2, -0.15) is 0 Å². The van der Waals surface area contributed by atoms with Crippen LogP contribution in [-0.4, -0.2) is 21.0 Å². The maximum atomic E-state index is 11.5. The quantitative estimate of drug-likeness (QED) is 0.796. The van der Waals surface area contributed by atoms with E-state index in [1.807, 2.05) is 43.3 Å². The van der Waals surface area contributed by atoms with Gasteiger partial charge >= 0.3 is 5.97 Å². The minimum atomic E-state index is -0.954. The summed E-state index contributed by atoms with van der Waals surface area (Å²) in [6.07, 6.45) is 3.44. The molecule has 0 saturated carbocycles. The molecule has 104 valence electrons. The van der Waals surface area contributed by atoms with Gasteiger partial charge in [0, 0.05) is 23.5 Å². The van der Waals surface area contributed by atoms with E-state index in [1.165, 1.54) is 11.3 Å². The first-order valence-corrected chi connectivity index (χ1v) is 7.19. The normalized spacial score (nSPS) is 10.5. The van der Waals surface area contributed by atoms with Gasteiger partial charge in [-0.1, -0.05) is 30.3 Å². The summed E-state index contributed by atoms with van der Waals surface area (Å²) in [4.78, 5) is 20.3. The fourth-order valence-electron chi connectivity index (χ4n) is 2.09. The molecule has 2 aromatic heterocycles. The third kappa shape index (κ3) is 2.55. The molecule has 0 spiro atoms. The van der Waals surface area contributed by atoms with E-state index in [1.54, 1.807) is 12.4 Å². The molecule has 5 heteroatoms. The number of aryl methyl sites for hydroxylation is 1. The highest BCUT2D eigenvalue weighted by atomic mass is 32.1. The average Bonchev–Trinajstić information content (AvgIpc) is 2.94. The maximum Gasteiger partial charge on any atom is 0.348 e. The summed E-state index contributed by atoms with van der Waals surface area (Å²) in [6.45, 7) is 1.94. The van der Waals surface area contributed by atoms with E-state index in [0.29, 0.717) is 10.7 Å². The van der Waals surface area contributed by atoms with Crippen LogP contribution >= 0.6 is 11.3 Å². The van der Waals surface area contributed by atoms with Gasteiger partial charge < -0.3 is 5.11 Å². The lowest BCUT2D eigenvalue weighted by Gasteiger charge is -2.00. The second kappa shape index (κ2) is 5.46. The molecule has 1 aromatic carbocycles. The van der Waals surface area contributed by atoms with E-state index >= 15 is 0 Å². The van der Waals surface area contributed by atoms with Crippen molar-refractivity contribution in [2.24, 2.45) is 0 Å². The van der Waals surface area contributed by atoms with Crippen molar-refractivity contribution in [3.63, 3.8) is 0 Å². The molecule has 3 rings (SSSR count). The van der Waals surface area contributed by atoms with Crippen LogP contribution in [0.3, 0.4) is 0 Å². The number of thiazole rings is 1. The number of carboxylic acid groups (broad SMARTS) is 1. The lowest BCUT2D eigenvalue weighted by molar-refractivity contribution is 0.0702. The van der Waals surface area contributed by atoms with Gasteiger partial charge in [-0.25, -0.2) is 9.78 Å². The Kier molecular flexibility index (Phi) is 3.50. The summed E-state index contributed by atoms with van der Waals surface area (Å²) in [7, 11) is 0. The van der Waals surface area contributed by atoms with E-state index in [9.17, 15) is 9.90 Å². The average molecular weight is 296 g/mol. The first kappa shape index (κ1) is 13.5. The summed E-state index contributed by atoms with van der Waals surface area (Å²) < 4.78 is 0. The summed E-state index contributed by atoms with van der Waals surface area (Å²) in [5.41, 5.74) is 3.21. The zero-order valence-electron chi connectivity index (χ0n) is 11.3. The topological polar surface area (TPSA) is 63.1 Å². The number of aromatic nitrogens is 2. The van der Waals surface area contributed by atoms with Gasteiger partial charge in [-0.3, -0.25) is 4.98 Å². The Balaban J connectivity index is 2.18. The first-order valence-electron chi connectivity index (χ1n) is 6.37. The summed E-state index contributed by atoms with van der Waals surface area (Å²) >= 11 is 1.19. The third-order valence-corrected chi connectivity index (χ3v) is 4.20. The van der Waals surface area contributed by atoms with Gasteiger partial charge in [0.15, 0.2) is 0 Å². The Morgan fingerprint density at radius 2 is 1.95 bits per heavy atom. The smallest absolute Gasteiger partial charge is 0.348 e. The standard InChI is InChI=1S/C16H12N2O2S/c1-10-9-17-8-7-12(10)15-18-13(14(21-15)16(19)20)11-5-3-2-4-6-11/h2-9H,1H3,(H,19,20). The van der Waals surface area contributed by atoms with Gasteiger partial charge in [0.2, 0.25) is 0 Å². The summed E-state index contributed by atoms with van der Waals surface area (Å²) in [6, 6.07) is 11.2. The lowest BCUT2D eigenvalue weighted by Crippen LogP contribution is -1.95. The van der Waals surface area contributed by atoms with E-state index < -0.39 is 5.97 Å². The van der Waals surface area contributed by atoms with Crippen LogP contribution in [0.2, 0.25) is 0 Å². The Bertz CT molecular complexity index is 797. The predicted molar refractivity (Wildman–Crippen MR) is 82.5 cm³/mol. The van der Waals surface area contributed by atoms with Crippen molar-refractivity contribution in [2.75, 3.05) is 0 Å². The van der Waals surface area contributed by atoms with Gasteiger partial charge in [0.1, 0.15) is 9.88 Å². The van der Waals surface area contributed by atoms with E-state index in [4.69, 9.17) is 0 Å². The van der Waals surface area contributed by atoms with Crippen molar-refractivity contribution in [2.45, 2.75) is 6.92 Å². The Labute approximate surface area is 125 Å².